The van der Waals surface area contributed by atoms with Crippen LogP contribution in [-0.4, -0.2) is 26.3 Å². The number of thioether (sulfide) groups is 1. The number of hydrogen-bond acceptors (Lipinski definition) is 6. The lowest BCUT2D eigenvalue weighted by molar-refractivity contribution is 0.452. The fourth-order valence-electron chi connectivity index (χ4n) is 2.20. The first kappa shape index (κ1) is 15.9. The van der Waals surface area contributed by atoms with Crippen molar-refractivity contribution >= 4 is 11.8 Å². The minimum Gasteiger partial charge on any atom is -0.492 e. The minimum atomic E-state index is -0.375. The number of hydrogen-bond donors (Lipinski definition) is 1. The SMILES string of the molecule is CSc1nccc(-c2cc(C#N)c(O)nc2-c2ccc(F)cc2)n1. The Hall–Kier alpha value is -2.98. The van der Waals surface area contributed by atoms with E-state index in [-0.39, 0.29) is 17.3 Å². The van der Waals surface area contributed by atoms with Crippen LogP contribution in [0, 0.1) is 17.1 Å². The van der Waals surface area contributed by atoms with E-state index in [2.05, 4.69) is 15.0 Å². The Morgan fingerprint density at radius 1 is 1.17 bits per heavy atom. The van der Waals surface area contributed by atoms with Gasteiger partial charge in [0.1, 0.15) is 17.4 Å². The molecule has 0 aliphatic rings. The Labute approximate surface area is 141 Å². The lowest BCUT2D eigenvalue weighted by atomic mass is 10.0. The zero-order valence-electron chi connectivity index (χ0n) is 12.6. The highest BCUT2D eigenvalue weighted by atomic mass is 32.2. The summed E-state index contributed by atoms with van der Waals surface area (Å²) in [4.78, 5) is 12.7. The molecule has 1 aromatic carbocycles. The molecule has 24 heavy (non-hydrogen) atoms. The fourth-order valence-corrected chi connectivity index (χ4v) is 2.55. The second-order valence-corrected chi connectivity index (χ2v) is 5.58. The molecule has 5 nitrogen and oxygen atoms in total. The molecule has 0 aliphatic heterocycles. The number of nitriles is 1. The van der Waals surface area contributed by atoms with Gasteiger partial charge in [-0.15, -0.1) is 0 Å². The molecule has 0 saturated carbocycles. The number of benzene rings is 1. The lowest BCUT2D eigenvalue weighted by Crippen LogP contribution is -1.96. The summed E-state index contributed by atoms with van der Waals surface area (Å²) >= 11 is 1.39. The summed E-state index contributed by atoms with van der Waals surface area (Å²) < 4.78 is 13.2. The van der Waals surface area contributed by atoms with E-state index < -0.39 is 0 Å². The first-order valence-electron chi connectivity index (χ1n) is 6.90. The summed E-state index contributed by atoms with van der Waals surface area (Å²) in [5.74, 6) is -0.746. The van der Waals surface area contributed by atoms with Gasteiger partial charge in [-0.05, 0) is 42.7 Å². The molecule has 2 heterocycles. The molecule has 2 aromatic heterocycles. The van der Waals surface area contributed by atoms with Crippen molar-refractivity contribution < 1.29 is 9.50 Å². The molecule has 118 valence electrons. The predicted molar refractivity (Wildman–Crippen MR) is 88.8 cm³/mol. The number of halogens is 1. The topological polar surface area (TPSA) is 82.7 Å². The smallest absolute Gasteiger partial charge is 0.229 e. The molecule has 0 saturated heterocycles. The van der Waals surface area contributed by atoms with Crippen molar-refractivity contribution in [3.8, 4) is 34.5 Å². The Morgan fingerprint density at radius 3 is 2.58 bits per heavy atom. The van der Waals surface area contributed by atoms with Gasteiger partial charge in [-0.2, -0.15) is 5.26 Å². The Kier molecular flexibility index (Phi) is 4.40. The van der Waals surface area contributed by atoms with Crippen molar-refractivity contribution in [3.05, 3.63) is 54.0 Å². The highest BCUT2D eigenvalue weighted by molar-refractivity contribution is 7.98. The Bertz CT molecular complexity index is 938. The third-order valence-electron chi connectivity index (χ3n) is 3.33. The molecule has 0 atom stereocenters. The maximum atomic E-state index is 13.2. The van der Waals surface area contributed by atoms with E-state index in [4.69, 9.17) is 5.26 Å². The highest BCUT2D eigenvalue weighted by Gasteiger charge is 2.16. The van der Waals surface area contributed by atoms with E-state index in [0.717, 1.165) is 0 Å². The van der Waals surface area contributed by atoms with Crippen molar-refractivity contribution in [2.45, 2.75) is 5.16 Å². The average Bonchev–Trinajstić information content (AvgIpc) is 2.62. The number of pyridine rings is 1. The third kappa shape index (κ3) is 3.05. The molecule has 1 N–H and O–H groups in total. The van der Waals surface area contributed by atoms with Gasteiger partial charge in [0.05, 0.1) is 11.4 Å². The quantitative estimate of drug-likeness (QED) is 0.580. The van der Waals surface area contributed by atoms with Gasteiger partial charge in [0.2, 0.25) is 5.88 Å². The van der Waals surface area contributed by atoms with E-state index in [1.54, 1.807) is 24.4 Å². The lowest BCUT2D eigenvalue weighted by Gasteiger charge is -2.11. The van der Waals surface area contributed by atoms with Crippen LogP contribution < -0.4 is 0 Å². The van der Waals surface area contributed by atoms with Gasteiger partial charge in [0.25, 0.3) is 0 Å². The zero-order valence-corrected chi connectivity index (χ0v) is 13.4. The van der Waals surface area contributed by atoms with Crippen molar-refractivity contribution in [1.29, 1.82) is 5.26 Å². The monoisotopic (exact) mass is 338 g/mol. The standard InChI is InChI=1S/C17H11FN4OS/c1-24-17-20-7-6-14(21-17)13-8-11(9-19)16(23)22-15(13)10-2-4-12(18)5-3-10/h2-8H,1H3,(H,22,23). The van der Waals surface area contributed by atoms with Gasteiger partial charge in [-0.25, -0.2) is 19.3 Å². The van der Waals surface area contributed by atoms with E-state index in [1.807, 2.05) is 12.3 Å². The third-order valence-corrected chi connectivity index (χ3v) is 3.89. The van der Waals surface area contributed by atoms with Crippen molar-refractivity contribution in [2.24, 2.45) is 0 Å². The van der Waals surface area contributed by atoms with Crippen LogP contribution in [0.3, 0.4) is 0 Å². The van der Waals surface area contributed by atoms with Crippen LogP contribution in [0.1, 0.15) is 5.56 Å². The molecule has 7 heteroatoms. The summed E-state index contributed by atoms with van der Waals surface area (Å²) in [5, 5.41) is 19.7. The van der Waals surface area contributed by atoms with Crippen molar-refractivity contribution in [3.63, 3.8) is 0 Å². The zero-order chi connectivity index (χ0) is 17.1. The summed E-state index contributed by atoms with van der Waals surface area (Å²) in [7, 11) is 0. The van der Waals surface area contributed by atoms with Crippen molar-refractivity contribution in [1.82, 2.24) is 15.0 Å². The average molecular weight is 338 g/mol. The summed E-state index contributed by atoms with van der Waals surface area (Å²) in [6.45, 7) is 0. The molecule has 3 aromatic rings. The molecule has 0 bridgehead atoms. The molecule has 0 spiro atoms. The van der Waals surface area contributed by atoms with E-state index >= 15 is 0 Å². The molecule has 0 amide bonds. The normalized spacial score (nSPS) is 10.4. The predicted octanol–water partition coefficient (Wildman–Crippen LogP) is 3.64. The number of nitrogens with zero attached hydrogens (tertiary/aromatic N) is 4. The van der Waals surface area contributed by atoms with Crippen LogP contribution in [-0.2, 0) is 0 Å². The number of rotatable bonds is 3. The molecule has 3 rings (SSSR count). The largest absolute Gasteiger partial charge is 0.492 e. The molecule has 0 fully saturated rings. The second-order valence-electron chi connectivity index (χ2n) is 4.80. The number of aromatic nitrogens is 3. The summed E-state index contributed by atoms with van der Waals surface area (Å²) in [6, 6.07) is 10.9. The maximum Gasteiger partial charge on any atom is 0.229 e. The minimum absolute atomic E-state index is 0.0418. The van der Waals surface area contributed by atoms with Gasteiger partial charge in [-0.1, -0.05) is 11.8 Å². The molecule has 0 radical (unpaired) electrons. The van der Waals surface area contributed by atoms with Crippen LogP contribution >= 0.6 is 11.8 Å². The Balaban J connectivity index is 2.26. The molecule has 0 unspecified atom stereocenters. The first-order valence-corrected chi connectivity index (χ1v) is 8.12. The van der Waals surface area contributed by atoms with E-state index in [1.165, 1.54) is 30.0 Å². The van der Waals surface area contributed by atoms with Gasteiger partial charge in [0.15, 0.2) is 5.16 Å². The molecular weight excluding hydrogens is 327 g/mol. The molecule has 0 aliphatic carbocycles. The van der Waals surface area contributed by atoms with Gasteiger partial charge in [-0.3, -0.25) is 0 Å². The first-order chi connectivity index (χ1) is 11.6. The van der Waals surface area contributed by atoms with Gasteiger partial charge < -0.3 is 5.11 Å². The van der Waals surface area contributed by atoms with E-state index in [9.17, 15) is 9.50 Å². The van der Waals surface area contributed by atoms with Crippen LogP contribution in [0.4, 0.5) is 4.39 Å². The maximum absolute atomic E-state index is 13.2. The Morgan fingerprint density at radius 2 is 1.92 bits per heavy atom. The van der Waals surface area contributed by atoms with Gasteiger partial charge in [0, 0.05) is 17.3 Å². The van der Waals surface area contributed by atoms with Crippen LogP contribution in [0.25, 0.3) is 22.5 Å². The number of aromatic hydroxyl groups is 1. The second kappa shape index (κ2) is 6.64. The molecular formula is C17H11FN4OS. The van der Waals surface area contributed by atoms with Crippen LogP contribution in [0.15, 0.2) is 47.8 Å². The van der Waals surface area contributed by atoms with Crippen LogP contribution in [0.2, 0.25) is 0 Å². The van der Waals surface area contributed by atoms with Crippen LogP contribution in [0.5, 0.6) is 5.88 Å². The summed E-state index contributed by atoms with van der Waals surface area (Å²) in [5.41, 5.74) is 2.19. The van der Waals surface area contributed by atoms with Gasteiger partial charge >= 0.3 is 0 Å². The summed E-state index contributed by atoms with van der Waals surface area (Å²) in [6.07, 6.45) is 3.47. The fraction of sp³-hybridized carbons (Fsp3) is 0.0588. The van der Waals surface area contributed by atoms with Crippen molar-refractivity contribution in [2.75, 3.05) is 6.26 Å². The van der Waals surface area contributed by atoms with E-state index in [0.29, 0.717) is 27.7 Å². The highest BCUT2D eigenvalue weighted by Crippen LogP contribution is 2.33.